The Balaban J connectivity index is 2.21. The van der Waals surface area contributed by atoms with E-state index in [1.165, 1.54) is 0 Å². The Morgan fingerprint density at radius 3 is 2.86 bits per heavy atom. The summed E-state index contributed by atoms with van der Waals surface area (Å²) in [6, 6.07) is 7.72. The van der Waals surface area contributed by atoms with Crippen LogP contribution >= 0.6 is 11.6 Å². The lowest BCUT2D eigenvalue weighted by molar-refractivity contribution is 0.532. The minimum absolute atomic E-state index is 0.314. The van der Waals surface area contributed by atoms with Crippen molar-refractivity contribution >= 4 is 22.5 Å². The van der Waals surface area contributed by atoms with Crippen molar-refractivity contribution in [3.8, 4) is 0 Å². The molecular formula is C14H17ClN6. The number of hydrazine groups is 1. The largest absolute Gasteiger partial charge is 0.270 e. The molecule has 2 heterocycles. The highest BCUT2D eigenvalue weighted by Gasteiger charge is 2.25. The molecule has 110 valence electrons. The normalized spacial score (nSPS) is 13.0. The van der Waals surface area contributed by atoms with Crippen LogP contribution in [-0.4, -0.2) is 19.6 Å². The lowest BCUT2D eigenvalue weighted by Crippen LogP contribution is -2.31. The van der Waals surface area contributed by atoms with Crippen molar-refractivity contribution in [3.63, 3.8) is 0 Å². The molecule has 0 amide bonds. The van der Waals surface area contributed by atoms with Gasteiger partial charge < -0.3 is 0 Å². The van der Waals surface area contributed by atoms with Gasteiger partial charge >= 0.3 is 0 Å². The van der Waals surface area contributed by atoms with Crippen LogP contribution in [0.15, 0.2) is 30.5 Å². The smallest absolute Gasteiger partial charge is 0.109 e. The fraction of sp³-hybridized carbons (Fsp3) is 0.286. The molecule has 21 heavy (non-hydrogen) atoms. The molecule has 6 nitrogen and oxygen atoms in total. The highest BCUT2D eigenvalue weighted by atomic mass is 35.5. The molecule has 1 aromatic carbocycles. The van der Waals surface area contributed by atoms with Crippen LogP contribution in [-0.2, 0) is 13.6 Å². The Bertz CT molecular complexity index is 775. The molecule has 0 fully saturated rings. The van der Waals surface area contributed by atoms with Crippen molar-refractivity contribution in [2.24, 2.45) is 12.9 Å². The Hall–Kier alpha value is -1.89. The van der Waals surface area contributed by atoms with Gasteiger partial charge in [-0.05, 0) is 13.0 Å². The first-order valence-corrected chi connectivity index (χ1v) is 7.14. The molecule has 3 aromatic rings. The van der Waals surface area contributed by atoms with Crippen molar-refractivity contribution in [1.82, 2.24) is 25.0 Å². The number of aryl methyl sites for hydroxylation is 2. The Labute approximate surface area is 127 Å². The number of nitrogens with zero attached hydrogens (tertiary/aromatic N) is 4. The third kappa shape index (κ3) is 2.21. The van der Waals surface area contributed by atoms with E-state index < -0.39 is 0 Å². The fourth-order valence-corrected chi connectivity index (χ4v) is 2.90. The van der Waals surface area contributed by atoms with E-state index in [0.29, 0.717) is 11.6 Å². The average molecular weight is 305 g/mol. The average Bonchev–Trinajstić information content (AvgIpc) is 3.03. The zero-order valence-electron chi connectivity index (χ0n) is 11.9. The van der Waals surface area contributed by atoms with Crippen LogP contribution in [0.3, 0.4) is 0 Å². The molecule has 0 radical (unpaired) electrons. The van der Waals surface area contributed by atoms with E-state index in [9.17, 15) is 0 Å². The number of hydrogen-bond donors (Lipinski definition) is 2. The molecule has 0 spiro atoms. The molecule has 2 aromatic heterocycles. The number of hydrogen-bond acceptors (Lipinski definition) is 4. The molecule has 0 saturated heterocycles. The second-order valence-electron chi connectivity index (χ2n) is 4.82. The van der Waals surface area contributed by atoms with Gasteiger partial charge in [0.15, 0.2) is 0 Å². The minimum atomic E-state index is -0.314. The molecule has 0 aliphatic heterocycles. The van der Waals surface area contributed by atoms with Gasteiger partial charge in [0.05, 0.1) is 28.1 Å². The van der Waals surface area contributed by atoms with E-state index in [1.54, 1.807) is 6.20 Å². The van der Waals surface area contributed by atoms with Gasteiger partial charge in [-0.25, -0.2) is 5.43 Å². The van der Waals surface area contributed by atoms with E-state index >= 15 is 0 Å². The number of benzene rings is 1. The molecule has 7 heteroatoms. The highest BCUT2D eigenvalue weighted by molar-refractivity contribution is 6.31. The first kappa shape index (κ1) is 14.1. The van der Waals surface area contributed by atoms with E-state index in [1.807, 2.05) is 47.6 Å². The summed E-state index contributed by atoms with van der Waals surface area (Å²) in [5.41, 5.74) is 5.53. The third-order valence-corrected chi connectivity index (χ3v) is 3.92. The lowest BCUT2D eigenvalue weighted by Gasteiger charge is -2.16. The minimum Gasteiger partial charge on any atom is -0.270 e. The number of halogens is 1. The quantitative estimate of drug-likeness (QED) is 0.571. The molecular weight excluding hydrogens is 288 g/mol. The van der Waals surface area contributed by atoms with Gasteiger partial charge in [0, 0.05) is 19.0 Å². The van der Waals surface area contributed by atoms with Gasteiger partial charge in [0.25, 0.3) is 0 Å². The van der Waals surface area contributed by atoms with Crippen LogP contribution in [0.2, 0.25) is 5.02 Å². The maximum Gasteiger partial charge on any atom is 0.109 e. The summed E-state index contributed by atoms with van der Waals surface area (Å²) in [6.45, 7) is 2.72. The number of rotatable bonds is 4. The maximum absolute atomic E-state index is 6.29. The summed E-state index contributed by atoms with van der Waals surface area (Å²) in [4.78, 5) is 0. The van der Waals surface area contributed by atoms with Gasteiger partial charge in [-0.15, -0.1) is 0 Å². The number of fused-ring (bicyclic) bond motifs is 1. The Kier molecular flexibility index (Phi) is 3.67. The van der Waals surface area contributed by atoms with Gasteiger partial charge in [0.2, 0.25) is 0 Å². The van der Waals surface area contributed by atoms with E-state index in [-0.39, 0.29) is 6.04 Å². The van der Waals surface area contributed by atoms with Gasteiger partial charge in [-0.2, -0.15) is 10.2 Å². The van der Waals surface area contributed by atoms with Crippen molar-refractivity contribution in [3.05, 3.63) is 46.9 Å². The Morgan fingerprint density at radius 2 is 2.14 bits per heavy atom. The zero-order chi connectivity index (χ0) is 15.0. The van der Waals surface area contributed by atoms with Crippen LogP contribution in [0, 0.1) is 0 Å². The second kappa shape index (κ2) is 5.48. The predicted octanol–water partition coefficient (Wildman–Crippen LogP) is 2.00. The Morgan fingerprint density at radius 1 is 1.38 bits per heavy atom. The second-order valence-corrected chi connectivity index (χ2v) is 5.23. The summed E-state index contributed by atoms with van der Waals surface area (Å²) in [5.74, 6) is 5.79. The lowest BCUT2D eigenvalue weighted by atomic mass is 10.1. The topological polar surface area (TPSA) is 73.7 Å². The van der Waals surface area contributed by atoms with Crippen molar-refractivity contribution in [2.45, 2.75) is 19.5 Å². The van der Waals surface area contributed by atoms with Gasteiger partial charge in [-0.1, -0.05) is 29.8 Å². The molecule has 0 aliphatic carbocycles. The summed E-state index contributed by atoms with van der Waals surface area (Å²) < 4.78 is 3.67. The molecule has 1 atom stereocenters. The highest BCUT2D eigenvalue weighted by Crippen LogP contribution is 2.31. The molecule has 3 rings (SSSR count). The molecule has 0 aliphatic rings. The number of nitrogens with two attached hydrogens (primary N) is 1. The molecule has 0 saturated carbocycles. The van der Waals surface area contributed by atoms with E-state index in [0.717, 1.165) is 22.3 Å². The first-order valence-electron chi connectivity index (χ1n) is 6.76. The summed E-state index contributed by atoms with van der Waals surface area (Å²) in [7, 11) is 1.91. The van der Waals surface area contributed by atoms with Crippen molar-refractivity contribution in [1.29, 1.82) is 0 Å². The maximum atomic E-state index is 6.29. The fourth-order valence-electron chi connectivity index (χ4n) is 2.65. The molecule has 3 N–H and O–H groups in total. The van der Waals surface area contributed by atoms with Crippen molar-refractivity contribution in [2.75, 3.05) is 0 Å². The van der Waals surface area contributed by atoms with Crippen molar-refractivity contribution < 1.29 is 0 Å². The SMILES string of the molecule is CCn1ncc(Cl)c1C(NN)c1nn(C)c2ccccc12. The van der Waals surface area contributed by atoms with Gasteiger partial charge in [-0.3, -0.25) is 15.2 Å². The summed E-state index contributed by atoms with van der Waals surface area (Å²) in [6.07, 6.45) is 1.63. The third-order valence-electron chi connectivity index (χ3n) is 3.63. The van der Waals surface area contributed by atoms with Crippen LogP contribution in [0.4, 0.5) is 0 Å². The number of nitrogens with one attached hydrogen (secondary N) is 1. The standard InChI is InChI=1S/C14H17ClN6/c1-3-21-14(10(15)8-17-21)13(18-16)12-9-6-4-5-7-11(9)20(2)19-12/h4-8,13,18H,3,16H2,1-2H3. The van der Waals surface area contributed by atoms with E-state index in [4.69, 9.17) is 17.4 Å². The van der Waals surface area contributed by atoms with E-state index in [2.05, 4.69) is 15.6 Å². The molecule has 0 bridgehead atoms. The molecule has 1 unspecified atom stereocenters. The van der Waals surface area contributed by atoms with Crippen LogP contribution in [0.5, 0.6) is 0 Å². The van der Waals surface area contributed by atoms with Crippen LogP contribution in [0.1, 0.15) is 24.4 Å². The summed E-state index contributed by atoms with van der Waals surface area (Å²) in [5, 5.41) is 10.5. The van der Waals surface area contributed by atoms with Crippen LogP contribution in [0.25, 0.3) is 10.9 Å². The van der Waals surface area contributed by atoms with Crippen LogP contribution < -0.4 is 11.3 Å². The first-order chi connectivity index (χ1) is 10.2. The van der Waals surface area contributed by atoms with Gasteiger partial charge in [0.1, 0.15) is 6.04 Å². The monoisotopic (exact) mass is 304 g/mol. The zero-order valence-corrected chi connectivity index (χ0v) is 12.7. The summed E-state index contributed by atoms with van der Waals surface area (Å²) >= 11 is 6.29. The number of para-hydroxylation sites is 1. The predicted molar refractivity (Wildman–Crippen MR) is 82.8 cm³/mol. The number of aromatic nitrogens is 4.